The van der Waals surface area contributed by atoms with E-state index in [1.165, 1.54) is 14.0 Å². The lowest BCUT2D eigenvalue weighted by Gasteiger charge is -2.20. The minimum Gasteiger partial charge on any atom is -0.453 e. The number of ether oxygens (including phenoxy) is 1. The normalized spacial score (nSPS) is 15.4. The highest BCUT2D eigenvalue weighted by Crippen LogP contribution is 2.25. The van der Waals surface area contributed by atoms with Gasteiger partial charge >= 0.3 is 6.09 Å². The quantitative estimate of drug-likeness (QED) is 0.785. The highest BCUT2D eigenvalue weighted by atomic mass is 16.5. The summed E-state index contributed by atoms with van der Waals surface area (Å²) >= 11 is 0. The summed E-state index contributed by atoms with van der Waals surface area (Å²) in [6.07, 6.45) is -0.286. The maximum atomic E-state index is 12.6. The molecule has 1 aliphatic rings. The van der Waals surface area contributed by atoms with Crippen molar-refractivity contribution in [1.82, 2.24) is 5.32 Å². The van der Waals surface area contributed by atoms with Crippen LogP contribution in [0.1, 0.15) is 18.9 Å². The molecule has 3 rings (SSSR count). The summed E-state index contributed by atoms with van der Waals surface area (Å²) in [6.45, 7) is 1.80. The van der Waals surface area contributed by atoms with Gasteiger partial charge in [0.05, 0.1) is 12.8 Å². The molecule has 0 aromatic heterocycles. The number of carbonyl (C=O) groups excluding carboxylic acids is 3. The molecule has 1 heterocycles. The molecule has 0 spiro atoms. The van der Waals surface area contributed by atoms with Crippen LogP contribution in [0.5, 0.6) is 0 Å². The Balaban J connectivity index is 1.63. The fourth-order valence-electron chi connectivity index (χ4n) is 2.94. The van der Waals surface area contributed by atoms with E-state index in [2.05, 4.69) is 20.5 Å². The van der Waals surface area contributed by atoms with Gasteiger partial charge in [0, 0.05) is 18.7 Å². The van der Waals surface area contributed by atoms with Crippen LogP contribution in [-0.2, 0) is 20.9 Å². The molecule has 1 atom stereocenters. The third-order valence-electron chi connectivity index (χ3n) is 4.50. The number of benzene rings is 2. The molecule has 2 aromatic rings. The monoisotopic (exact) mass is 394 g/mol. The van der Waals surface area contributed by atoms with Gasteiger partial charge in [0.25, 0.3) is 5.91 Å². The summed E-state index contributed by atoms with van der Waals surface area (Å²) in [7, 11) is 1.29. The van der Waals surface area contributed by atoms with Crippen LogP contribution in [0.15, 0.2) is 59.7 Å². The van der Waals surface area contributed by atoms with Gasteiger partial charge in [-0.1, -0.05) is 30.3 Å². The van der Waals surface area contributed by atoms with Gasteiger partial charge < -0.3 is 10.1 Å². The van der Waals surface area contributed by atoms with Crippen LogP contribution in [0.4, 0.5) is 16.2 Å². The number of para-hydroxylation sites is 1. The number of nitrogens with one attached hydrogen (secondary N) is 2. The number of hydrogen-bond acceptors (Lipinski definition) is 6. The van der Waals surface area contributed by atoms with Crippen molar-refractivity contribution >= 4 is 34.9 Å². The van der Waals surface area contributed by atoms with Crippen molar-refractivity contribution in [3.8, 4) is 0 Å². The Bertz CT molecular complexity index is 925. The first-order chi connectivity index (χ1) is 14.0. The topological polar surface area (TPSA) is 100 Å². The summed E-state index contributed by atoms with van der Waals surface area (Å²) < 4.78 is 4.54. The number of ketones is 1. The largest absolute Gasteiger partial charge is 0.453 e. The van der Waals surface area contributed by atoms with Crippen molar-refractivity contribution in [1.29, 1.82) is 0 Å². The molecule has 1 aliphatic heterocycles. The van der Waals surface area contributed by atoms with E-state index in [-0.39, 0.29) is 18.1 Å². The molecule has 2 N–H and O–H groups in total. The molecule has 0 fully saturated rings. The van der Waals surface area contributed by atoms with Crippen molar-refractivity contribution in [2.45, 2.75) is 25.9 Å². The van der Waals surface area contributed by atoms with Crippen molar-refractivity contribution < 1.29 is 19.1 Å². The van der Waals surface area contributed by atoms with Crippen molar-refractivity contribution in [3.05, 3.63) is 60.2 Å². The number of anilines is 2. The Morgan fingerprint density at radius 1 is 1.10 bits per heavy atom. The predicted octanol–water partition coefficient (Wildman–Crippen LogP) is 2.71. The number of amides is 2. The Morgan fingerprint density at radius 3 is 2.41 bits per heavy atom. The fraction of sp³-hybridized carbons (Fsp3) is 0.238. The van der Waals surface area contributed by atoms with Crippen molar-refractivity contribution in [3.63, 3.8) is 0 Å². The molecule has 2 aromatic carbocycles. The molecule has 0 radical (unpaired) electrons. The van der Waals surface area contributed by atoms with Gasteiger partial charge in [-0.25, -0.2) is 4.79 Å². The van der Waals surface area contributed by atoms with Crippen LogP contribution < -0.4 is 15.6 Å². The Kier molecular flexibility index (Phi) is 6.23. The first-order valence-electron chi connectivity index (χ1n) is 9.12. The zero-order valence-electron chi connectivity index (χ0n) is 16.2. The second kappa shape index (κ2) is 9.01. The molecule has 150 valence electrons. The number of methoxy groups -OCH3 is 1. The van der Waals surface area contributed by atoms with Gasteiger partial charge in [-0.2, -0.15) is 5.10 Å². The smallest absolute Gasteiger partial charge is 0.411 e. The molecule has 2 amide bonds. The lowest BCUT2D eigenvalue weighted by atomic mass is 10.1. The molecule has 0 bridgehead atoms. The minimum absolute atomic E-state index is 0.0471. The van der Waals surface area contributed by atoms with E-state index in [0.29, 0.717) is 17.9 Å². The van der Waals surface area contributed by atoms with Crippen molar-refractivity contribution in [2.24, 2.45) is 5.10 Å². The number of hydrogen-bond donors (Lipinski definition) is 2. The van der Waals surface area contributed by atoms with E-state index < -0.39 is 12.1 Å². The van der Waals surface area contributed by atoms with Gasteiger partial charge in [-0.05, 0) is 36.8 Å². The molecule has 8 heteroatoms. The zero-order valence-corrected chi connectivity index (χ0v) is 16.2. The Morgan fingerprint density at radius 2 is 1.79 bits per heavy atom. The first kappa shape index (κ1) is 20.1. The van der Waals surface area contributed by atoms with E-state index in [1.807, 2.05) is 30.3 Å². The number of carbonyl (C=O) groups is 3. The number of Topliss-reactive ketones (excluding diaryl/α,β-unsaturated/α-hetero) is 1. The SMILES string of the molecule is COC(=O)Nc1ccc(CNC(=O)C2=NN(c3ccccc3)C(C(C)=O)C2)cc1. The van der Waals surface area contributed by atoms with Crippen LogP contribution in [0.2, 0.25) is 0 Å². The molecule has 1 unspecified atom stereocenters. The predicted molar refractivity (Wildman–Crippen MR) is 110 cm³/mol. The van der Waals surface area contributed by atoms with Gasteiger partial charge in [0.1, 0.15) is 11.8 Å². The third-order valence-corrected chi connectivity index (χ3v) is 4.50. The van der Waals surface area contributed by atoms with Gasteiger partial charge in [-0.3, -0.25) is 19.9 Å². The standard InChI is InChI=1S/C21H22N4O4/c1-14(26)19-12-18(24-25(19)17-6-4-3-5-7-17)20(27)22-13-15-8-10-16(11-9-15)23-21(28)29-2/h3-11,19H,12-13H2,1-2H3,(H,22,27)(H,23,28). The average Bonchev–Trinajstić information content (AvgIpc) is 3.19. The van der Waals surface area contributed by atoms with Gasteiger partial charge in [0.15, 0.2) is 5.78 Å². The van der Waals surface area contributed by atoms with Crippen LogP contribution in [0.25, 0.3) is 0 Å². The molecule has 0 saturated carbocycles. The van der Waals surface area contributed by atoms with Gasteiger partial charge in [0.2, 0.25) is 0 Å². The summed E-state index contributed by atoms with van der Waals surface area (Å²) in [5.74, 6) is -0.361. The van der Waals surface area contributed by atoms with Crippen LogP contribution >= 0.6 is 0 Å². The first-order valence-corrected chi connectivity index (χ1v) is 9.12. The van der Waals surface area contributed by atoms with E-state index >= 15 is 0 Å². The minimum atomic E-state index is -0.548. The maximum Gasteiger partial charge on any atom is 0.411 e. The van der Waals surface area contributed by atoms with E-state index in [1.54, 1.807) is 29.3 Å². The summed E-state index contributed by atoms with van der Waals surface area (Å²) in [4.78, 5) is 35.8. The van der Waals surface area contributed by atoms with E-state index in [4.69, 9.17) is 0 Å². The van der Waals surface area contributed by atoms with Crippen molar-refractivity contribution in [2.75, 3.05) is 17.4 Å². The third kappa shape index (κ3) is 4.98. The molecular formula is C21H22N4O4. The number of rotatable bonds is 6. The summed E-state index contributed by atoms with van der Waals surface area (Å²) in [5, 5.41) is 11.4. The molecular weight excluding hydrogens is 372 g/mol. The van der Waals surface area contributed by atoms with E-state index in [9.17, 15) is 14.4 Å². The molecule has 0 aliphatic carbocycles. The fourth-order valence-corrected chi connectivity index (χ4v) is 2.94. The maximum absolute atomic E-state index is 12.6. The molecule has 8 nitrogen and oxygen atoms in total. The molecule has 29 heavy (non-hydrogen) atoms. The highest BCUT2D eigenvalue weighted by Gasteiger charge is 2.33. The van der Waals surface area contributed by atoms with Crippen LogP contribution in [-0.4, -0.2) is 36.6 Å². The summed E-state index contributed by atoms with van der Waals surface area (Å²) in [6, 6.07) is 15.8. The number of hydrazone groups is 1. The molecule has 0 saturated heterocycles. The van der Waals surface area contributed by atoms with Gasteiger partial charge in [-0.15, -0.1) is 0 Å². The average molecular weight is 394 g/mol. The highest BCUT2D eigenvalue weighted by molar-refractivity contribution is 6.40. The lowest BCUT2D eigenvalue weighted by molar-refractivity contribution is -0.118. The number of nitrogens with zero attached hydrogens (tertiary/aromatic N) is 2. The van der Waals surface area contributed by atoms with Crippen LogP contribution in [0, 0.1) is 0 Å². The lowest BCUT2D eigenvalue weighted by Crippen LogP contribution is -2.34. The van der Waals surface area contributed by atoms with Crippen LogP contribution in [0.3, 0.4) is 0 Å². The Labute approximate surface area is 168 Å². The van der Waals surface area contributed by atoms with E-state index in [0.717, 1.165) is 11.3 Å². The Hall–Kier alpha value is -3.68. The second-order valence-electron chi connectivity index (χ2n) is 6.55. The summed E-state index contributed by atoms with van der Waals surface area (Å²) in [5.41, 5.74) is 2.53. The second-order valence-corrected chi connectivity index (χ2v) is 6.55. The zero-order chi connectivity index (χ0) is 20.8.